The summed E-state index contributed by atoms with van der Waals surface area (Å²) in [6.45, 7) is 4.64. The molecule has 0 heterocycles. The quantitative estimate of drug-likeness (QED) is 0.0239. The lowest BCUT2D eigenvalue weighted by Crippen LogP contribution is -2.69. The average Bonchev–Trinajstić information content (AvgIpc) is 3.20. The van der Waals surface area contributed by atoms with E-state index >= 15 is 0 Å². The molecule has 0 bridgehead atoms. The largest absolute Gasteiger partial charge is 0.494 e. The van der Waals surface area contributed by atoms with Crippen LogP contribution in [0.4, 0.5) is 52.7 Å². The van der Waals surface area contributed by atoms with Gasteiger partial charge in [-0.2, -0.15) is 52.7 Å². The van der Waals surface area contributed by atoms with E-state index in [1.54, 1.807) is 36.4 Å². The van der Waals surface area contributed by atoms with Crippen molar-refractivity contribution in [1.82, 2.24) is 0 Å². The third-order valence-electron chi connectivity index (χ3n) is 10.0. The molecule has 342 valence electrons. The van der Waals surface area contributed by atoms with Gasteiger partial charge in [-0.1, -0.05) is 95.4 Å². The highest BCUT2D eigenvalue weighted by Gasteiger charge is 2.89. The number of unbranched alkanes of at least 4 members (excludes halogenated alkanes) is 11. The first-order valence-corrected chi connectivity index (χ1v) is 20.6. The molecule has 61 heavy (non-hydrogen) atoms. The molecule has 0 aliphatic heterocycles. The zero-order valence-corrected chi connectivity index (χ0v) is 34.6. The van der Waals surface area contributed by atoms with E-state index < -0.39 is 53.8 Å². The number of halogens is 13. The van der Waals surface area contributed by atoms with Crippen molar-refractivity contribution in [3.8, 4) is 28.4 Å². The number of ether oxygens (including phenoxy) is 3. The van der Waals surface area contributed by atoms with Crippen molar-refractivity contribution in [3.05, 3.63) is 78.4 Å². The van der Waals surface area contributed by atoms with E-state index in [4.69, 9.17) is 14.2 Å². The van der Waals surface area contributed by atoms with Crippen LogP contribution in [0.1, 0.15) is 121 Å². The molecule has 0 aliphatic rings. The number of esters is 1. The lowest BCUT2D eigenvalue weighted by atomic mass is 9.91. The molecule has 3 aromatic rings. The summed E-state index contributed by atoms with van der Waals surface area (Å²) < 4.78 is 179. The standard InChI is InChI=1S/C44H51ClF12O4/c1-3-4-5-13-16-31(2)60-36-25-17-32(18-26-36)33-19-27-37(28-20-33)61-38(58)34-21-23-35(24-22-34)59-30-15-12-10-8-6-7-9-11-14-29-39(46,47)40(48,49)41(50,51)42(52,53)43(54,55)44(45,56)57/h17-28,31H,3-16,29-30H2,1-2H3. The van der Waals surface area contributed by atoms with Gasteiger partial charge in [-0.15, -0.1) is 0 Å². The van der Waals surface area contributed by atoms with Crippen molar-refractivity contribution in [3.63, 3.8) is 0 Å². The highest BCUT2D eigenvalue weighted by Crippen LogP contribution is 2.61. The molecule has 4 nitrogen and oxygen atoms in total. The summed E-state index contributed by atoms with van der Waals surface area (Å²) in [6, 6.07) is 21.5. The highest BCUT2D eigenvalue weighted by molar-refractivity contribution is 6.22. The molecule has 0 amide bonds. The van der Waals surface area contributed by atoms with Crippen molar-refractivity contribution < 1.29 is 71.7 Å². The van der Waals surface area contributed by atoms with Crippen LogP contribution in [0.25, 0.3) is 11.1 Å². The molecular formula is C44H51ClF12O4. The zero-order valence-electron chi connectivity index (χ0n) is 33.9. The Morgan fingerprint density at radius 2 is 0.984 bits per heavy atom. The molecule has 0 radical (unpaired) electrons. The Kier molecular flexibility index (Phi) is 19.0. The third-order valence-corrected chi connectivity index (χ3v) is 10.3. The molecule has 0 saturated heterocycles. The smallest absolute Gasteiger partial charge is 0.393 e. The predicted octanol–water partition coefficient (Wildman–Crippen LogP) is 15.6. The molecule has 0 saturated carbocycles. The van der Waals surface area contributed by atoms with Gasteiger partial charge < -0.3 is 14.2 Å². The third kappa shape index (κ3) is 13.8. The Balaban J connectivity index is 1.29. The van der Waals surface area contributed by atoms with Crippen LogP contribution >= 0.6 is 11.6 Å². The molecule has 0 spiro atoms. The second kappa shape index (κ2) is 22.5. The Bertz CT molecular complexity index is 1750. The van der Waals surface area contributed by atoms with E-state index in [2.05, 4.69) is 25.4 Å². The minimum atomic E-state index is -7.62. The van der Waals surface area contributed by atoms with E-state index in [1.165, 1.54) is 19.3 Å². The summed E-state index contributed by atoms with van der Waals surface area (Å²) in [6.07, 6.45) is 6.93. The summed E-state index contributed by atoms with van der Waals surface area (Å²) in [4.78, 5) is 12.7. The van der Waals surface area contributed by atoms with Crippen LogP contribution in [0.2, 0.25) is 0 Å². The molecule has 17 heteroatoms. The maximum Gasteiger partial charge on any atom is 0.393 e. The number of alkyl halides is 13. The average molecular weight is 907 g/mol. The van der Waals surface area contributed by atoms with Crippen molar-refractivity contribution in [2.75, 3.05) is 6.61 Å². The molecule has 0 aliphatic carbocycles. The normalized spacial score (nSPS) is 13.6. The second-order valence-corrected chi connectivity index (χ2v) is 15.5. The Labute approximate surface area is 353 Å². The Morgan fingerprint density at radius 1 is 0.541 bits per heavy atom. The van der Waals surface area contributed by atoms with E-state index in [-0.39, 0.29) is 18.9 Å². The minimum Gasteiger partial charge on any atom is -0.494 e. The lowest BCUT2D eigenvalue weighted by molar-refractivity contribution is -0.417. The lowest BCUT2D eigenvalue weighted by Gasteiger charge is -2.40. The predicted molar refractivity (Wildman–Crippen MR) is 209 cm³/mol. The van der Waals surface area contributed by atoms with Gasteiger partial charge in [0.2, 0.25) is 0 Å². The summed E-state index contributed by atoms with van der Waals surface area (Å²) in [7, 11) is 0. The number of benzene rings is 3. The van der Waals surface area contributed by atoms with Crippen LogP contribution in [-0.2, 0) is 0 Å². The first kappa shape index (κ1) is 51.5. The summed E-state index contributed by atoms with van der Waals surface area (Å²) in [5.41, 5.74) is 2.27. The van der Waals surface area contributed by atoms with Crippen LogP contribution in [0.5, 0.6) is 17.2 Å². The fourth-order valence-corrected chi connectivity index (χ4v) is 6.40. The number of rotatable bonds is 28. The monoisotopic (exact) mass is 906 g/mol. The highest BCUT2D eigenvalue weighted by atomic mass is 35.5. The fourth-order valence-electron chi connectivity index (χ4n) is 6.28. The van der Waals surface area contributed by atoms with Gasteiger partial charge in [-0.3, -0.25) is 0 Å². The van der Waals surface area contributed by atoms with Crippen LogP contribution in [0.15, 0.2) is 72.8 Å². The van der Waals surface area contributed by atoms with Gasteiger partial charge in [0.15, 0.2) is 0 Å². The molecule has 0 N–H and O–H groups in total. The van der Waals surface area contributed by atoms with Gasteiger partial charge in [0, 0.05) is 6.42 Å². The molecule has 1 unspecified atom stereocenters. The van der Waals surface area contributed by atoms with E-state index in [9.17, 15) is 57.5 Å². The second-order valence-electron chi connectivity index (χ2n) is 15.0. The molecule has 3 rings (SSSR count). The molecular weight excluding hydrogens is 856 g/mol. The number of carbonyl (C=O) groups excluding carboxylic acids is 1. The molecule has 0 aromatic heterocycles. The maximum absolute atomic E-state index is 14.0. The molecule has 0 fully saturated rings. The van der Waals surface area contributed by atoms with E-state index in [0.29, 0.717) is 49.4 Å². The first-order chi connectivity index (χ1) is 28.5. The zero-order chi connectivity index (χ0) is 45.5. The maximum atomic E-state index is 14.0. The summed E-state index contributed by atoms with van der Waals surface area (Å²) in [5, 5.41) is -6.44. The van der Waals surface area contributed by atoms with Gasteiger partial charge in [0.25, 0.3) is 0 Å². The van der Waals surface area contributed by atoms with Gasteiger partial charge in [-0.25, -0.2) is 4.79 Å². The number of hydrogen-bond acceptors (Lipinski definition) is 4. The first-order valence-electron chi connectivity index (χ1n) is 20.3. The summed E-state index contributed by atoms with van der Waals surface area (Å²) in [5.74, 6) is -34.3. The van der Waals surface area contributed by atoms with Crippen molar-refractivity contribution in [1.29, 1.82) is 0 Å². The van der Waals surface area contributed by atoms with E-state index in [0.717, 1.165) is 42.6 Å². The summed E-state index contributed by atoms with van der Waals surface area (Å²) >= 11 is 3.70. The van der Waals surface area contributed by atoms with Crippen LogP contribution in [-0.4, -0.2) is 53.7 Å². The number of carbonyl (C=O) groups is 1. The van der Waals surface area contributed by atoms with Gasteiger partial charge in [0.1, 0.15) is 17.2 Å². The van der Waals surface area contributed by atoms with Crippen molar-refractivity contribution in [2.45, 2.75) is 151 Å². The van der Waals surface area contributed by atoms with Crippen molar-refractivity contribution >= 4 is 17.6 Å². The van der Waals surface area contributed by atoms with E-state index in [1.807, 2.05) is 36.4 Å². The molecule has 3 aromatic carbocycles. The number of hydrogen-bond donors (Lipinski definition) is 0. The Morgan fingerprint density at radius 3 is 1.49 bits per heavy atom. The van der Waals surface area contributed by atoms with Crippen LogP contribution in [0.3, 0.4) is 0 Å². The molecule has 1 atom stereocenters. The van der Waals surface area contributed by atoms with Gasteiger partial charge >= 0.3 is 41.0 Å². The van der Waals surface area contributed by atoms with Crippen LogP contribution < -0.4 is 14.2 Å². The van der Waals surface area contributed by atoms with Gasteiger partial charge in [-0.05, 0) is 104 Å². The van der Waals surface area contributed by atoms with Gasteiger partial charge in [0.05, 0.1) is 18.3 Å². The Hall–Kier alpha value is -3.82. The van der Waals surface area contributed by atoms with Crippen LogP contribution in [0, 0.1) is 0 Å². The minimum absolute atomic E-state index is 0.140. The van der Waals surface area contributed by atoms with Crippen molar-refractivity contribution in [2.24, 2.45) is 0 Å². The fraction of sp³-hybridized carbons (Fsp3) is 0.568. The SMILES string of the molecule is CCCCCCC(C)Oc1ccc(-c2ccc(OC(=O)c3ccc(OCCCCCCCCCCCC(F)(F)C(F)(F)C(F)(F)C(F)(F)C(F)(F)C(F)(F)Cl)cc3)cc2)cc1. The topological polar surface area (TPSA) is 44.8 Å².